The first-order valence-electron chi connectivity index (χ1n) is 12.5. The quantitative estimate of drug-likeness (QED) is 0.212. The number of halogens is 1. The highest BCUT2D eigenvalue weighted by Crippen LogP contribution is 2.62. The van der Waals surface area contributed by atoms with Crippen molar-refractivity contribution < 1.29 is 0 Å². The lowest BCUT2D eigenvalue weighted by molar-refractivity contribution is 0.723. The zero-order valence-electron chi connectivity index (χ0n) is 19.9. The van der Waals surface area contributed by atoms with Gasteiger partial charge in [0.15, 0.2) is 0 Å². The molecule has 1 heterocycles. The molecule has 0 fully saturated rings. The molecule has 8 rings (SSSR count). The summed E-state index contributed by atoms with van der Waals surface area (Å²) in [6.07, 6.45) is 0. The highest BCUT2D eigenvalue weighted by atomic mass is 35.5. The number of rotatable bonds is 1. The summed E-state index contributed by atoms with van der Waals surface area (Å²) in [6, 6.07) is 46.4. The zero-order valence-corrected chi connectivity index (χ0v) is 21.5. The summed E-state index contributed by atoms with van der Waals surface area (Å²) in [5, 5.41) is 3.14. The van der Waals surface area contributed by atoms with E-state index in [1.165, 1.54) is 48.6 Å². The second kappa shape index (κ2) is 7.86. The molecule has 0 atom stereocenters. The molecule has 0 N–H and O–H groups in total. The van der Waals surface area contributed by atoms with Crippen LogP contribution in [0.4, 0.5) is 0 Å². The Morgan fingerprint density at radius 2 is 1.03 bits per heavy atom. The van der Waals surface area contributed by atoms with Gasteiger partial charge in [-0.15, -0.1) is 0 Å². The molecular formula is C35H21ClS. The van der Waals surface area contributed by atoms with Gasteiger partial charge < -0.3 is 0 Å². The van der Waals surface area contributed by atoms with Gasteiger partial charge in [0, 0.05) is 20.4 Å². The van der Waals surface area contributed by atoms with E-state index >= 15 is 0 Å². The zero-order chi connectivity index (χ0) is 24.6. The molecule has 1 aliphatic heterocycles. The van der Waals surface area contributed by atoms with Crippen LogP contribution in [0.2, 0.25) is 5.02 Å². The molecule has 0 unspecified atom stereocenters. The summed E-state index contributed by atoms with van der Waals surface area (Å²) < 4.78 is 0. The van der Waals surface area contributed by atoms with Crippen molar-refractivity contribution in [2.45, 2.75) is 15.2 Å². The van der Waals surface area contributed by atoms with Gasteiger partial charge in [0.1, 0.15) is 0 Å². The minimum Gasteiger partial charge on any atom is -0.0894 e. The Kier molecular flexibility index (Phi) is 4.53. The fourth-order valence-corrected chi connectivity index (χ4v) is 7.91. The SMILES string of the molecule is Clc1cc2ccccc2cc1-c1ccc2c(c1)C1(c3ccccc3S2)c2ccccc2-c2ccccc21. The van der Waals surface area contributed by atoms with Crippen LogP contribution in [0, 0.1) is 0 Å². The number of fused-ring (bicyclic) bond motifs is 10. The molecule has 6 aromatic rings. The van der Waals surface area contributed by atoms with Gasteiger partial charge in [-0.1, -0.05) is 120 Å². The van der Waals surface area contributed by atoms with E-state index in [1.807, 2.05) is 11.8 Å². The second-order valence-electron chi connectivity index (χ2n) is 9.83. The fraction of sp³-hybridized carbons (Fsp3) is 0.0286. The number of hydrogen-bond acceptors (Lipinski definition) is 1. The summed E-state index contributed by atoms with van der Waals surface area (Å²) in [4.78, 5) is 2.61. The molecule has 0 bridgehead atoms. The van der Waals surface area contributed by atoms with Gasteiger partial charge >= 0.3 is 0 Å². The monoisotopic (exact) mass is 508 g/mol. The van der Waals surface area contributed by atoms with Crippen LogP contribution >= 0.6 is 23.4 Å². The van der Waals surface area contributed by atoms with Crippen molar-refractivity contribution in [1.29, 1.82) is 0 Å². The first-order valence-corrected chi connectivity index (χ1v) is 13.7. The summed E-state index contributed by atoms with van der Waals surface area (Å²) >= 11 is 8.78. The molecule has 2 heteroatoms. The molecule has 0 aromatic heterocycles. The van der Waals surface area contributed by atoms with Gasteiger partial charge in [-0.25, -0.2) is 0 Å². The average Bonchev–Trinajstić information content (AvgIpc) is 3.24. The first kappa shape index (κ1) is 21.3. The van der Waals surface area contributed by atoms with E-state index < -0.39 is 0 Å². The largest absolute Gasteiger partial charge is 0.0894 e. The molecular weight excluding hydrogens is 488 g/mol. The Labute approximate surface area is 225 Å². The predicted octanol–water partition coefficient (Wildman–Crippen LogP) is 9.99. The van der Waals surface area contributed by atoms with Crippen molar-refractivity contribution in [3.8, 4) is 22.3 Å². The molecule has 37 heavy (non-hydrogen) atoms. The molecule has 0 nitrogen and oxygen atoms in total. The normalized spacial score (nSPS) is 14.2. The summed E-state index contributed by atoms with van der Waals surface area (Å²) in [6.45, 7) is 0. The van der Waals surface area contributed by atoms with Crippen LogP contribution in [0.3, 0.4) is 0 Å². The minimum atomic E-state index is -0.371. The van der Waals surface area contributed by atoms with Crippen LogP contribution in [-0.4, -0.2) is 0 Å². The first-order chi connectivity index (χ1) is 18.2. The third-order valence-corrected chi connectivity index (χ3v) is 9.46. The van der Waals surface area contributed by atoms with Crippen molar-refractivity contribution >= 4 is 34.1 Å². The summed E-state index contributed by atoms with van der Waals surface area (Å²) in [5.74, 6) is 0. The second-order valence-corrected chi connectivity index (χ2v) is 11.3. The third-order valence-electron chi connectivity index (χ3n) is 7.99. The Morgan fingerprint density at radius 1 is 0.459 bits per heavy atom. The van der Waals surface area contributed by atoms with Gasteiger partial charge in [0.25, 0.3) is 0 Å². The van der Waals surface area contributed by atoms with E-state index in [4.69, 9.17) is 11.6 Å². The third kappa shape index (κ3) is 2.87. The molecule has 0 radical (unpaired) electrons. The lowest BCUT2D eigenvalue weighted by atomic mass is 9.67. The van der Waals surface area contributed by atoms with E-state index in [1.54, 1.807) is 0 Å². The lowest BCUT2D eigenvalue weighted by Gasteiger charge is -2.40. The molecule has 2 aliphatic rings. The van der Waals surface area contributed by atoms with Crippen LogP contribution in [0.25, 0.3) is 33.0 Å². The maximum atomic E-state index is 6.91. The maximum absolute atomic E-state index is 6.91. The summed E-state index contributed by atoms with van der Waals surface area (Å²) in [5.41, 5.74) is 9.88. The van der Waals surface area contributed by atoms with E-state index in [9.17, 15) is 0 Å². The van der Waals surface area contributed by atoms with Crippen LogP contribution in [0.5, 0.6) is 0 Å². The fourth-order valence-electron chi connectivity index (χ4n) is 6.46. The van der Waals surface area contributed by atoms with Crippen molar-refractivity contribution in [3.05, 3.63) is 155 Å². The topological polar surface area (TPSA) is 0 Å². The number of benzene rings is 6. The molecule has 6 aromatic carbocycles. The van der Waals surface area contributed by atoms with Crippen LogP contribution in [0.15, 0.2) is 137 Å². The van der Waals surface area contributed by atoms with E-state index in [0.29, 0.717) is 0 Å². The molecule has 174 valence electrons. The molecule has 0 amide bonds. The van der Waals surface area contributed by atoms with E-state index in [0.717, 1.165) is 21.5 Å². The Balaban J connectivity index is 1.47. The Bertz CT molecular complexity index is 1840. The van der Waals surface area contributed by atoms with Crippen molar-refractivity contribution in [1.82, 2.24) is 0 Å². The standard InChI is InChI=1S/C35H21ClS/c36-32-21-23-10-2-1-9-22(23)19-27(32)24-17-18-34-31(20-24)35(30-15-7-8-16-33(30)37-34)28-13-5-3-11-25(28)26-12-4-6-14-29(26)35/h1-21H. The number of hydrogen-bond donors (Lipinski definition) is 0. The van der Waals surface area contributed by atoms with Crippen molar-refractivity contribution in [2.24, 2.45) is 0 Å². The predicted molar refractivity (Wildman–Crippen MR) is 156 cm³/mol. The highest BCUT2D eigenvalue weighted by molar-refractivity contribution is 7.99. The van der Waals surface area contributed by atoms with Crippen LogP contribution in [-0.2, 0) is 5.41 Å². The van der Waals surface area contributed by atoms with Gasteiger partial charge in [-0.3, -0.25) is 0 Å². The van der Waals surface area contributed by atoms with E-state index in [-0.39, 0.29) is 5.41 Å². The lowest BCUT2D eigenvalue weighted by Crippen LogP contribution is -2.32. The Morgan fingerprint density at radius 3 is 1.76 bits per heavy atom. The summed E-state index contributed by atoms with van der Waals surface area (Å²) in [7, 11) is 0. The van der Waals surface area contributed by atoms with Crippen molar-refractivity contribution in [3.63, 3.8) is 0 Å². The van der Waals surface area contributed by atoms with Gasteiger partial charge in [-0.2, -0.15) is 0 Å². The molecule has 0 saturated carbocycles. The van der Waals surface area contributed by atoms with Gasteiger partial charge in [0.05, 0.1) is 5.41 Å². The average molecular weight is 509 g/mol. The smallest absolute Gasteiger partial charge is 0.0735 e. The van der Waals surface area contributed by atoms with Crippen molar-refractivity contribution in [2.75, 3.05) is 0 Å². The van der Waals surface area contributed by atoms with Gasteiger partial charge in [0.2, 0.25) is 0 Å². The minimum absolute atomic E-state index is 0.371. The molecule has 1 spiro atoms. The van der Waals surface area contributed by atoms with Gasteiger partial charge in [-0.05, 0) is 80.0 Å². The maximum Gasteiger partial charge on any atom is 0.0735 e. The van der Waals surface area contributed by atoms with Crippen LogP contribution in [0.1, 0.15) is 22.3 Å². The highest BCUT2D eigenvalue weighted by Gasteiger charge is 2.50. The molecule has 1 aliphatic carbocycles. The van der Waals surface area contributed by atoms with Crippen LogP contribution < -0.4 is 0 Å². The molecule has 0 saturated heterocycles. The van der Waals surface area contributed by atoms with E-state index in [2.05, 4.69) is 127 Å². The Hall–Kier alpha value is -3.78.